The molecular formula is C34H56O8. The van der Waals surface area contributed by atoms with Crippen LogP contribution in [0.25, 0.3) is 0 Å². The maximum Gasteiger partial charge on any atom is 0.186 e. The monoisotopic (exact) mass is 592 g/mol. The van der Waals surface area contributed by atoms with Crippen molar-refractivity contribution in [2.24, 2.45) is 40.4 Å². The molecule has 1 aliphatic heterocycles. The van der Waals surface area contributed by atoms with Gasteiger partial charge in [-0.15, -0.1) is 0 Å². The van der Waals surface area contributed by atoms with Crippen molar-refractivity contribution in [3.05, 3.63) is 22.8 Å². The van der Waals surface area contributed by atoms with Crippen molar-refractivity contribution in [1.82, 2.24) is 0 Å². The zero-order valence-corrected chi connectivity index (χ0v) is 26.3. The van der Waals surface area contributed by atoms with Crippen LogP contribution in [-0.2, 0) is 9.47 Å². The van der Waals surface area contributed by atoms with Gasteiger partial charge in [-0.3, -0.25) is 0 Å². The minimum atomic E-state index is -1.29. The summed E-state index contributed by atoms with van der Waals surface area (Å²) in [7, 11) is 0. The molecule has 4 fully saturated rings. The molecule has 0 bridgehead atoms. The Morgan fingerprint density at radius 3 is 2.43 bits per heavy atom. The molecule has 0 radical (unpaired) electrons. The Morgan fingerprint density at radius 1 is 0.976 bits per heavy atom. The van der Waals surface area contributed by atoms with Crippen molar-refractivity contribution >= 4 is 0 Å². The lowest BCUT2D eigenvalue weighted by atomic mass is 9.48. The van der Waals surface area contributed by atoms with E-state index in [0.29, 0.717) is 36.5 Å². The quantitative estimate of drug-likeness (QED) is 0.236. The summed E-state index contributed by atoms with van der Waals surface area (Å²) in [6.07, 6.45) is 4.07. The van der Waals surface area contributed by atoms with Crippen LogP contribution >= 0.6 is 0 Å². The van der Waals surface area contributed by atoms with E-state index in [4.69, 9.17) is 9.47 Å². The number of allylic oxidation sites excluding steroid dienone is 1. The highest BCUT2D eigenvalue weighted by molar-refractivity contribution is 5.38. The van der Waals surface area contributed by atoms with Crippen molar-refractivity contribution in [3.63, 3.8) is 0 Å². The SMILES string of the molecule is CC(C)/C(=C\CO[C@@H]1OC[C@@H](O)[C@H](O)[C@H]1O)CC[C@@H](C)[C@H]1C[C@@H](O)C2=C3C[C@H](O)[C@H]4C[C@@H](O)CC[C@]4(C)[C@H]3CC[C@@]21C. The van der Waals surface area contributed by atoms with Crippen LogP contribution < -0.4 is 0 Å². The summed E-state index contributed by atoms with van der Waals surface area (Å²) in [5, 5.41) is 62.9. The van der Waals surface area contributed by atoms with Gasteiger partial charge >= 0.3 is 0 Å². The highest BCUT2D eigenvalue weighted by Crippen LogP contribution is 2.66. The van der Waals surface area contributed by atoms with Crippen molar-refractivity contribution in [1.29, 1.82) is 0 Å². The highest BCUT2D eigenvalue weighted by atomic mass is 16.7. The fourth-order valence-electron chi connectivity index (χ4n) is 9.88. The first kappa shape index (κ1) is 32.6. The Kier molecular flexibility index (Phi) is 9.70. The molecule has 5 rings (SSSR count). The van der Waals surface area contributed by atoms with Gasteiger partial charge in [-0.2, -0.15) is 0 Å². The fraction of sp³-hybridized carbons (Fsp3) is 0.882. The predicted molar refractivity (Wildman–Crippen MR) is 159 cm³/mol. The van der Waals surface area contributed by atoms with E-state index in [-0.39, 0.29) is 36.1 Å². The van der Waals surface area contributed by atoms with Gasteiger partial charge in [0.25, 0.3) is 0 Å². The minimum absolute atomic E-state index is 0.0143. The maximum atomic E-state index is 11.5. The number of rotatable bonds is 8. The Bertz CT molecular complexity index is 1030. The Hall–Kier alpha value is -0.840. The van der Waals surface area contributed by atoms with Crippen molar-refractivity contribution in [2.75, 3.05) is 13.2 Å². The van der Waals surface area contributed by atoms with Crippen molar-refractivity contribution in [2.45, 2.75) is 135 Å². The molecule has 5 aliphatic rings. The summed E-state index contributed by atoms with van der Waals surface area (Å²) in [6, 6.07) is 0. The molecule has 13 atom stereocenters. The number of fused-ring (bicyclic) bond motifs is 4. The standard InChI is InChI=1S/C34H56O8/c1-18(2)20(10-13-41-32-31(40)30(39)28(38)17-42-32)7-6-19(3)24-16-27(37)29-22-15-26(36)25-14-21(35)8-11-33(25,4)23(22)9-12-34(24,29)5/h10,18-19,21,23-28,30-32,35-40H,6-9,11-17H2,1-5H3/b20-10-/t19-,21+,23+,24-,25-,26+,27-,28-,30+,31-,32-,33-,34-/m1/s1. The lowest BCUT2D eigenvalue weighted by Gasteiger charge is -2.58. The maximum absolute atomic E-state index is 11.5. The summed E-state index contributed by atoms with van der Waals surface area (Å²) in [4.78, 5) is 0. The van der Waals surface area contributed by atoms with Crippen LogP contribution in [0.3, 0.4) is 0 Å². The summed E-state index contributed by atoms with van der Waals surface area (Å²) in [6.45, 7) is 11.5. The summed E-state index contributed by atoms with van der Waals surface area (Å²) < 4.78 is 11.1. The molecular weight excluding hydrogens is 536 g/mol. The topological polar surface area (TPSA) is 140 Å². The van der Waals surface area contributed by atoms with E-state index < -0.39 is 36.8 Å². The highest BCUT2D eigenvalue weighted by Gasteiger charge is 2.59. The smallest absolute Gasteiger partial charge is 0.186 e. The first-order valence-corrected chi connectivity index (χ1v) is 16.5. The van der Waals surface area contributed by atoms with Gasteiger partial charge in [0.15, 0.2) is 6.29 Å². The van der Waals surface area contributed by atoms with Crippen LogP contribution in [0.1, 0.15) is 92.4 Å². The molecule has 1 heterocycles. The van der Waals surface area contributed by atoms with Crippen LogP contribution in [0, 0.1) is 40.4 Å². The average Bonchev–Trinajstić information content (AvgIpc) is 3.21. The van der Waals surface area contributed by atoms with Gasteiger partial charge in [0.05, 0.1) is 31.5 Å². The molecule has 0 aromatic rings. The number of aliphatic hydroxyl groups is 6. The van der Waals surface area contributed by atoms with Gasteiger partial charge in [0.2, 0.25) is 0 Å². The third-order valence-corrected chi connectivity index (χ3v) is 12.4. The predicted octanol–water partition coefficient (Wildman–Crippen LogP) is 3.47. The Morgan fingerprint density at radius 2 is 1.71 bits per heavy atom. The number of ether oxygens (including phenoxy) is 2. The second-order valence-electron chi connectivity index (χ2n) is 15.2. The Balaban J connectivity index is 1.26. The van der Waals surface area contributed by atoms with Gasteiger partial charge in [-0.25, -0.2) is 0 Å². The zero-order valence-electron chi connectivity index (χ0n) is 26.3. The number of hydrogen-bond acceptors (Lipinski definition) is 8. The molecule has 1 saturated heterocycles. The molecule has 6 N–H and O–H groups in total. The van der Waals surface area contributed by atoms with Crippen molar-refractivity contribution < 1.29 is 40.1 Å². The van der Waals surface area contributed by atoms with Gasteiger partial charge in [0, 0.05) is 0 Å². The third kappa shape index (κ3) is 5.80. The fourth-order valence-corrected chi connectivity index (χ4v) is 9.88. The second kappa shape index (κ2) is 12.5. The van der Waals surface area contributed by atoms with E-state index in [0.717, 1.165) is 44.9 Å². The minimum Gasteiger partial charge on any atom is -0.393 e. The number of hydrogen-bond donors (Lipinski definition) is 6. The zero-order chi connectivity index (χ0) is 30.6. The van der Waals surface area contributed by atoms with E-state index in [2.05, 4.69) is 40.7 Å². The lowest BCUT2D eigenvalue weighted by molar-refractivity contribution is -0.266. The second-order valence-corrected chi connectivity index (χ2v) is 15.2. The summed E-state index contributed by atoms with van der Waals surface area (Å²) in [5.74, 6) is 1.62. The average molecular weight is 593 g/mol. The van der Waals surface area contributed by atoms with Crippen LogP contribution in [0.2, 0.25) is 0 Å². The van der Waals surface area contributed by atoms with Gasteiger partial charge in [-0.05, 0) is 104 Å². The summed E-state index contributed by atoms with van der Waals surface area (Å²) >= 11 is 0. The molecule has 8 heteroatoms. The molecule has 0 amide bonds. The van der Waals surface area contributed by atoms with Crippen molar-refractivity contribution in [3.8, 4) is 0 Å². The summed E-state index contributed by atoms with van der Waals surface area (Å²) in [5.41, 5.74) is 3.75. The van der Waals surface area contributed by atoms with E-state index >= 15 is 0 Å². The van der Waals surface area contributed by atoms with Gasteiger partial charge in [0.1, 0.15) is 18.3 Å². The van der Waals surface area contributed by atoms with E-state index in [1.165, 1.54) is 16.7 Å². The first-order chi connectivity index (χ1) is 19.8. The van der Waals surface area contributed by atoms with Crippen LogP contribution in [-0.4, -0.2) is 86.8 Å². The van der Waals surface area contributed by atoms with Gasteiger partial charge in [-0.1, -0.05) is 51.8 Å². The van der Waals surface area contributed by atoms with E-state index in [1.807, 2.05) is 0 Å². The Labute approximate surface area is 251 Å². The molecule has 0 aromatic carbocycles. The number of aliphatic hydroxyl groups excluding tert-OH is 6. The van der Waals surface area contributed by atoms with Gasteiger partial charge < -0.3 is 40.1 Å². The lowest BCUT2D eigenvalue weighted by Crippen LogP contribution is -2.53. The van der Waals surface area contributed by atoms with E-state index in [9.17, 15) is 30.6 Å². The molecule has 4 aliphatic carbocycles. The van der Waals surface area contributed by atoms with E-state index in [1.54, 1.807) is 0 Å². The largest absolute Gasteiger partial charge is 0.393 e. The van der Waals surface area contributed by atoms with Crippen LogP contribution in [0.15, 0.2) is 22.8 Å². The van der Waals surface area contributed by atoms with Crippen LogP contribution in [0.5, 0.6) is 0 Å². The molecule has 0 spiro atoms. The third-order valence-electron chi connectivity index (χ3n) is 12.4. The molecule has 42 heavy (non-hydrogen) atoms. The molecule has 0 unspecified atom stereocenters. The molecule has 8 nitrogen and oxygen atoms in total. The molecule has 3 saturated carbocycles. The first-order valence-electron chi connectivity index (χ1n) is 16.5. The normalized spacial score (nSPS) is 46.8. The molecule has 240 valence electrons. The van der Waals surface area contributed by atoms with Crippen LogP contribution in [0.4, 0.5) is 0 Å². The molecule has 0 aromatic heterocycles.